The van der Waals surface area contributed by atoms with Gasteiger partial charge in [0.2, 0.25) is 0 Å². The number of esters is 3. The van der Waals surface area contributed by atoms with Gasteiger partial charge in [0.15, 0.2) is 6.10 Å². The first-order valence-electron chi connectivity index (χ1n) is 25.3. The lowest BCUT2D eigenvalue weighted by Gasteiger charge is -2.18. The van der Waals surface area contributed by atoms with Crippen molar-refractivity contribution in [2.24, 2.45) is 0 Å². The van der Waals surface area contributed by atoms with Crippen molar-refractivity contribution in [1.82, 2.24) is 0 Å². The summed E-state index contributed by atoms with van der Waals surface area (Å²) in [7, 11) is 0. The molecule has 340 valence electrons. The third kappa shape index (κ3) is 45.0. The second-order valence-corrected chi connectivity index (χ2v) is 17.1. The summed E-state index contributed by atoms with van der Waals surface area (Å²) >= 11 is 0. The Balaban J connectivity index is 4.35. The van der Waals surface area contributed by atoms with E-state index in [1.807, 2.05) is 0 Å². The largest absolute Gasteiger partial charge is 0.462 e. The van der Waals surface area contributed by atoms with Crippen LogP contribution in [-0.2, 0) is 28.6 Å². The SMILES string of the molecule is CCCC/C=C\C/C=C\CCCCCCCC(=O)O[C@H](COC(=O)CCCCCCCCCCCCC)COC(=O)CCCCCCCCCCCCCCCCC. The summed E-state index contributed by atoms with van der Waals surface area (Å²) in [5.41, 5.74) is 0. The predicted molar refractivity (Wildman–Crippen MR) is 247 cm³/mol. The highest BCUT2D eigenvalue weighted by Gasteiger charge is 2.19. The number of ether oxygens (including phenoxy) is 3. The highest BCUT2D eigenvalue weighted by molar-refractivity contribution is 5.71. The van der Waals surface area contributed by atoms with Crippen LogP contribution in [0.1, 0.15) is 271 Å². The van der Waals surface area contributed by atoms with Gasteiger partial charge in [-0.1, -0.05) is 231 Å². The van der Waals surface area contributed by atoms with E-state index in [1.54, 1.807) is 0 Å². The molecule has 0 rings (SSSR count). The zero-order valence-corrected chi connectivity index (χ0v) is 38.8. The molecule has 0 saturated carbocycles. The second-order valence-electron chi connectivity index (χ2n) is 17.1. The van der Waals surface area contributed by atoms with Gasteiger partial charge in [0, 0.05) is 19.3 Å². The molecule has 58 heavy (non-hydrogen) atoms. The quantitative estimate of drug-likeness (QED) is 0.0263. The molecule has 6 heteroatoms. The smallest absolute Gasteiger partial charge is 0.306 e. The van der Waals surface area contributed by atoms with Crippen molar-refractivity contribution < 1.29 is 28.6 Å². The molecule has 0 aliphatic rings. The van der Waals surface area contributed by atoms with E-state index in [-0.39, 0.29) is 31.1 Å². The average molecular weight is 817 g/mol. The highest BCUT2D eigenvalue weighted by Crippen LogP contribution is 2.16. The summed E-state index contributed by atoms with van der Waals surface area (Å²) < 4.78 is 16.8. The first-order valence-corrected chi connectivity index (χ1v) is 25.3. The molecule has 0 aromatic rings. The van der Waals surface area contributed by atoms with Crippen molar-refractivity contribution in [1.29, 1.82) is 0 Å². The summed E-state index contributed by atoms with van der Waals surface area (Å²) in [4.78, 5) is 37.9. The van der Waals surface area contributed by atoms with Gasteiger partial charge in [-0.05, 0) is 44.9 Å². The first kappa shape index (κ1) is 55.9. The molecule has 1 atom stereocenters. The van der Waals surface area contributed by atoms with Crippen LogP contribution >= 0.6 is 0 Å². The van der Waals surface area contributed by atoms with Gasteiger partial charge in [-0.15, -0.1) is 0 Å². The lowest BCUT2D eigenvalue weighted by Crippen LogP contribution is -2.30. The molecule has 0 unspecified atom stereocenters. The molecular weight excluding hydrogens is 721 g/mol. The molecule has 0 fully saturated rings. The van der Waals surface area contributed by atoms with Gasteiger partial charge in [0.05, 0.1) is 0 Å². The minimum Gasteiger partial charge on any atom is -0.462 e. The number of allylic oxidation sites excluding steroid dienone is 4. The third-order valence-corrected chi connectivity index (χ3v) is 11.2. The van der Waals surface area contributed by atoms with Crippen LogP contribution in [0.25, 0.3) is 0 Å². The summed E-state index contributed by atoms with van der Waals surface area (Å²) in [5, 5.41) is 0. The summed E-state index contributed by atoms with van der Waals surface area (Å²) in [6.45, 7) is 6.60. The Morgan fingerprint density at radius 2 is 0.638 bits per heavy atom. The fraction of sp³-hybridized carbons (Fsp3) is 0.865. The molecule has 0 bridgehead atoms. The number of carbonyl (C=O) groups is 3. The van der Waals surface area contributed by atoms with E-state index < -0.39 is 6.10 Å². The van der Waals surface area contributed by atoms with Crippen LogP contribution in [0.15, 0.2) is 24.3 Å². The lowest BCUT2D eigenvalue weighted by molar-refractivity contribution is -0.167. The van der Waals surface area contributed by atoms with Crippen molar-refractivity contribution in [2.45, 2.75) is 277 Å². The van der Waals surface area contributed by atoms with E-state index in [9.17, 15) is 14.4 Å². The lowest BCUT2D eigenvalue weighted by atomic mass is 10.0. The fourth-order valence-electron chi connectivity index (χ4n) is 7.34. The molecule has 0 N–H and O–H groups in total. The van der Waals surface area contributed by atoms with Crippen molar-refractivity contribution >= 4 is 17.9 Å². The molecule has 0 aromatic carbocycles. The van der Waals surface area contributed by atoms with Crippen molar-refractivity contribution in [3.63, 3.8) is 0 Å². The minimum absolute atomic E-state index is 0.0723. The normalized spacial score (nSPS) is 12.1. The van der Waals surface area contributed by atoms with E-state index in [1.165, 1.54) is 148 Å². The van der Waals surface area contributed by atoms with E-state index in [2.05, 4.69) is 45.1 Å². The minimum atomic E-state index is -0.771. The van der Waals surface area contributed by atoms with Crippen molar-refractivity contribution in [3.8, 4) is 0 Å². The van der Waals surface area contributed by atoms with E-state index in [0.29, 0.717) is 19.3 Å². The molecule has 0 heterocycles. The predicted octanol–water partition coefficient (Wildman–Crippen LogP) is 16.4. The second kappa shape index (κ2) is 47.6. The zero-order valence-electron chi connectivity index (χ0n) is 38.8. The Morgan fingerprint density at radius 1 is 0.345 bits per heavy atom. The molecule has 0 saturated heterocycles. The fourth-order valence-corrected chi connectivity index (χ4v) is 7.34. The third-order valence-electron chi connectivity index (χ3n) is 11.2. The van der Waals surface area contributed by atoms with Crippen LogP contribution < -0.4 is 0 Å². The molecule has 6 nitrogen and oxygen atoms in total. The van der Waals surface area contributed by atoms with Crippen LogP contribution in [0.2, 0.25) is 0 Å². The van der Waals surface area contributed by atoms with Gasteiger partial charge >= 0.3 is 17.9 Å². The molecule has 0 amide bonds. The number of unbranched alkanes of at least 4 members (excludes halogenated alkanes) is 31. The number of carbonyl (C=O) groups excluding carboxylic acids is 3. The molecule has 0 radical (unpaired) electrons. The molecule has 0 spiro atoms. The summed E-state index contributed by atoms with van der Waals surface area (Å²) in [6.07, 6.45) is 53.0. The van der Waals surface area contributed by atoms with E-state index in [4.69, 9.17) is 14.2 Å². The number of hydrogen-bond donors (Lipinski definition) is 0. The molecule has 0 aromatic heterocycles. The van der Waals surface area contributed by atoms with Crippen LogP contribution in [-0.4, -0.2) is 37.2 Å². The Kier molecular flexibility index (Phi) is 45.8. The maximum atomic E-state index is 12.8. The summed E-state index contributed by atoms with van der Waals surface area (Å²) in [6, 6.07) is 0. The van der Waals surface area contributed by atoms with Crippen LogP contribution in [0.4, 0.5) is 0 Å². The standard InChI is InChI=1S/C52H96O6/c1-4-7-10-13-16-19-22-24-26-28-30-33-36-39-42-45-51(54)57-48-49(47-56-50(53)44-41-38-35-32-29-21-18-15-12-9-6-3)58-52(55)46-43-40-37-34-31-27-25-23-20-17-14-11-8-5-2/h14,17,23,25,49H,4-13,15-16,18-22,24,26-48H2,1-3H3/b17-14-,25-23-/t49-/m1/s1. The van der Waals surface area contributed by atoms with Gasteiger partial charge in [-0.3, -0.25) is 14.4 Å². The Morgan fingerprint density at radius 3 is 1.00 bits per heavy atom. The summed E-state index contributed by atoms with van der Waals surface area (Å²) in [5.74, 6) is -0.875. The van der Waals surface area contributed by atoms with Gasteiger partial charge in [0.1, 0.15) is 13.2 Å². The Hall–Kier alpha value is -2.11. The topological polar surface area (TPSA) is 78.9 Å². The number of rotatable bonds is 46. The van der Waals surface area contributed by atoms with Gasteiger partial charge in [-0.25, -0.2) is 0 Å². The van der Waals surface area contributed by atoms with E-state index in [0.717, 1.165) is 83.5 Å². The maximum Gasteiger partial charge on any atom is 0.306 e. The van der Waals surface area contributed by atoms with E-state index >= 15 is 0 Å². The van der Waals surface area contributed by atoms with Crippen LogP contribution in [0.5, 0.6) is 0 Å². The van der Waals surface area contributed by atoms with Crippen LogP contribution in [0, 0.1) is 0 Å². The maximum absolute atomic E-state index is 12.8. The van der Waals surface area contributed by atoms with Crippen molar-refractivity contribution in [2.75, 3.05) is 13.2 Å². The number of hydrogen-bond acceptors (Lipinski definition) is 6. The Labute approximate surface area is 360 Å². The average Bonchev–Trinajstić information content (AvgIpc) is 3.22. The first-order chi connectivity index (χ1) is 28.5. The monoisotopic (exact) mass is 817 g/mol. The zero-order chi connectivity index (χ0) is 42.3. The molecular formula is C52H96O6. The van der Waals surface area contributed by atoms with Gasteiger partial charge in [0.25, 0.3) is 0 Å². The van der Waals surface area contributed by atoms with Crippen LogP contribution in [0.3, 0.4) is 0 Å². The Bertz CT molecular complexity index is 942. The molecule has 0 aliphatic carbocycles. The van der Waals surface area contributed by atoms with Crippen molar-refractivity contribution in [3.05, 3.63) is 24.3 Å². The van der Waals surface area contributed by atoms with Gasteiger partial charge < -0.3 is 14.2 Å². The highest BCUT2D eigenvalue weighted by atomic mass is 16.6. The van der Waals surface area contributed by atoms with Gasteiger partial charge in [-0.2, -0.15) is 0 Å². The molecule has 0 aliphatic heterocycles.